The molecule has 3 N–H and O–H groups in total. The number of anilines is 2. The molecule has 3 aliphatic rings. The van der Waals surface area contributed by atoms with Crippen molar-refractivity contribution < 1.29 is 4.79 Å². The minimum Gasteiger partial charge on any atom is -0.382 e. The van der Waals surface area contributed by atoms with Gasteiger partial charge >= 0.3 is 0 Å². The Labute approximate surface area is 235 Å². The molecule has 0 spiro atoms. The maximum atomic E-state index is 13.6. The number of hydrogen-bond donors (Lipinski definition) is 3. The van der Waals surface area contributed by atoms with Crippen LogP contribution in [0.1, 0.15) is 85.5 Å². The van der Waals surface area contributed by atoms with Crippen LogP contribution in [0, 0.1) is 23.2 Å². The van der Waals surface area contributed by atoms with Crippen molar-refractivity contribution in [3.63, 3.8) is 0 Å². The van der Waals surface area contributed by atoms with Gasteiger partial charge in [0.1, 0.15) is 17.8 Å². The zero-order valence-electron chi connectivity index (χ0n) is 23.6. The van der Waals surface area contributed by atoms with Crippen molar-refractivity contribution in [1.29, 1.82) is 5.26 Å². The van der Waals surface area contributed by atoms with E-state index in [0.29, 0.717) is 24.6 Å². The van der Waals surface area contributed by atoms with Gasteiger partial charge in [0.25, 0.3) is 5.91 Å². The predicted octanol–water partition coefficient (Wildman–Crippen LogP) is 4.66. The van der Waals surface area contributed by atoms with Crippen molar-refractivity contribution in [3.8, 4) is 6.07 Å². The lowest BCUT2D eigenvalue weighted by Crippen LogP contribution is -2.44. The summed E-state index contributed by atoms with van der Waals surface area (Å²) in [6, 6.07) is 12.2. The monoisotopic (exact) mass is 538 g/mol. The first-order chi connectivity index (χ1) is 19.3. The van der Waals surface area contributed by atoms with Crippen molar-refractivity contribution in [1.82, 2.24) is 25.1 Å². The van der Waals surface area contributed by atoms with E-state index in [1.165, 1.54) is 19.3 Å². The molecule has 9 heteroatoms. The number of rotatable bonds is 9. The average molecular weight is 539 g/mol. The number of hydrogen-bond acceptors (Lipinski definition) is 7. The number of aromatic nitrogens is 4. The van der Waals surface area contributed by atoms with Gasteiger partial charge in [0.05, 0.1) is 22.9 Å². The van der Waals surface area contributed by atoms with Crippen LogP contribution in [0.3, 0.4) is 0 Å². The Hall–Kier alpha value is -3.77. The summed E-state index contributed by atoms with van der Waals surface area (Å²) < 4.78 is 1.96. The number of nitrogens with zero attached hydrogens (tertiary/aromatic N) is 5. The molecular formula is C31H38N8O. The summed E-state index contributed by atoms with van der Waals surface area (Å²) in [5, 5.41) is 28.1. The number of nitrogens with one attached hydrogen (secondary N) is 3. The Morgan fingerprint density at radius 3 is 2.75 bits per heavy atom. The first-order valence-corrected chi connectivity index (χ1v) is 14.4. The topological polar surface area (TPSA) is 121 Å². The fourth-order valence-electron chi connectivity index (χ4n) is 6.59. The van der Waals surface area contributed by atoms with Crippen LogP contribution in [0.5, 0.6) is 0 Å². The second kappa shape index (κ2) is 10.3. The molecule has 2 fully saturated rings. The molecule has 2 aromatic heterocycles. The van der Waals surface area contributed by atoms with Gasteiger partial charge in [-0.2, -0.15) is 5.26 Å². The molecule has 3 heterocycles. The highest BCUT2D eigenvalue weighted by atomic mass is 16.1. The molecule has 1 aromatic carbocycles. The highest BCUT2D eigenvalue weighted by Crippen LogP contribution is 2.53. The predicted molar refractivity (Wildman–Crippen MR) is 154 cm³/mol. The number of aryl methyl sites for hydroxylation is 1. The molecule has 2 aliphatic carbocycles. The lowest BCUT2D eigenvalue weighted by Gasteiger charge is -2.46. The number of carbonyl (C=O) groups excluding carboxylic acids is 1. The SMILES string of the molecule is Cn1cnnc1C1(c2cccc(NC(=O)c3cc(CNCC4CCC4)c4c(n3)C(C)(C)CN4)c2)CC(CC#N)C1. The fourth-order valence-corrected chi connectivity index (χ4v) is 6.59. The summed E-state index contributed by atoms with van der Waals surface area (Å²) in [6.07, 6.45) is 7.84. The highest BCUT2D eigenvalue weighted by Gasteiger charge is 2.49. The summed E-state index contributed by atoms with van der Waals surface area (Å²) in [4.78, 5) is 18.5. The smallest absolute Gasteiger partial charge is 0.274 e. The molecule has 1 amide bonds. The Kier molecular flexibility index (Phi) is 6.83. The summed E-state index contributed by atoms with van der Waals surface area (Å²) >= 11 is 0. The first kappa shape index (κ1) is 26.5. The van der Waals surface area contributed by atoms with Gasteiger partial charge in [0.15, 0.2) is 0 Å². The zero-order valence-corrected chi connectivity index (χ0v) is 23.6. The van der Waals surface area contributed by atoms with E-state index >= 15 is 0 Å². The summed E-state index contributed by atoms with van der Waals surface area (Å²) in [6.45, 7) is 6.86. The molecule has 0 atom stereocenters. The van der Waals surface area contributed by atoms with Crippen molar-refractivity contribution in [2.45, 2.75) is 69.7 Å². The molecule has 2 saturated carbocycles. The van der Waals surface area contributed by atoms with Crippen molar-refractivity contribution in [2.24, 2.45) is 18.9 Å². The van der Waals surface area contributed by atoms with Gasteiger partial charge in [0, 0.05) is 37.7 Å². The minimum absolute atomic E-state index is 0.152. The van der Waals surface area contributed by atoms with Crippen LogP contribution in [-0.2, 0) is 24.4 Å². The van der Waals surface area contributed by atoms with Gasteiger partial charge in [-0.3, -0.25) is 4.79 Å². The van der Waals surface area contributed by atoms with Crippen LogP contribution in [0.15, 0.2) is 36.7 Å². The van der Waals surface area contributed by atoms with E-state index < -0.39 is 0 Å². The highest BCUT2D eigenvalue weighted by molar-refractivity contribution is 6.03. The standard InChI is InChI=1S/C31H38N8O/c1-30(2)18-34-26-22(17-33-16-20-6-4-7-20)12-25(37-27(26)30)28(40)36-24-9-5-8-23(13-24)31(14-21(15-31)10-11-32)29-38-35-19-39(29)3/h5,8-9,12-13,19-21,33-34H,4,6-7,10,14-18H2,1-3H3,(H,36,40). The van der Waals surface area contributed by atoms with Crippen molar-refractivity contribution >= 4 is 17.3 Å². The van der Waals surface area contributed by atoms with E-state index in [0.717, 1.165) is 65.9 Å². The second-order valence-electron chi connectivity index (χ2n) is 12.6. The molecule has 0 bridgehead atoms. The molecule has 9 nitrogen and oxygen atoms in total. The number of amides is 1. The molecule has 1 aliphatic heterocycles. The maximum absolute atomic E-state index is 13.6. The molecule has 6 rings (SSSR count). The van der Waals surface area contributed by atoms with Gasteiger partial charge < -0.3 is 20.5 Å². The van der Waals surface area contributed by atoms with E-state index in [9.17, 15) is 10.1 Å². The van der Waals surface area contributed by atoms with Crippen LogP contribution >= 0.6 is 0 Å². The molecule has 40 heavy (non-hydrogen) atoms. The number of fused-ring (bicyclic) bond motifs is 1. The van der Waals surface area contributed by atoms with Gasteiger partial charge in [0.2, 0.25) is 0 Å². The van der Waals surface area contributed by atoms with Crippen LogP contribution in [0.25, 0.3) is 0 Å². The van der Waals surface area contributed by atoms with E-state index in [-0.39, 0.29) is 16.7 Å². The molecule has 3 aromatic rings. The first-order valence-electron chi connectivity index (χ1n) is 14.4. The van der Waals surface area contributed by atoms with Crippen LogP contribution in [0.2, 0.25) is 0 Å². The number of pyridine rings is 1. The molecule has 208 valence electrons. The number of nitriles is 1. The Morgan fingerprint density at radius 1 is 1.23 bits per heavy atom. The van der Waals surface area contributed by atoms with Crippen LogP contribution in [0.4, 0.5) is 11.4 Å². The average Bonchev–Trinajstić information content (AvgIpc) is 3.45. The van der Waals surface area contributed by atoms with E-state index in [4.69, 9.17) is 4.98 Å². The van der Waals surface area contributed by atoms with Gasteiger partial charge in [-0.05, 0) is 73.4 Å². The summed E-state index contributed by atoms with van der Waals surface area (Å²) in [5.41, 5.74) is 4.85. The van der Waals surface area contributed by atoms with Gasteiger partial charge in [-0.15, -0.1) is 10.2 Å². The van der Waals surface area contributed by atoms with E-state index in [1.54, 1.807) is 6.33 Å². The summed E-state index contributed by atoms with van der Waals surface area (Å²) in [7, 11) is 1.95. The zero-order chi connectivity index (χ0) is 27.9. The Bertz CT molecular complexity index is 1460. The van der Waals surface area contributed by atoms with Gasteiger partial charge in [-0.25, -0.2) is 4.98 Å². The van der Waals surface area contributed by atoms with Crippen molar-refractivity contribution in [2.75, 3.05) is 23.7 Å². The lowest BCUT2D eigenvalue weighted by molar-refractivity contribution is 0.102. The third-order valence-electron chi connectivity index (χ3n) is 9.12. The lowest BCUT2D eigenvalue weighted by atomic mass is 9.57. The third-order valence-corrected chi connectivity index (χ3v) is 9.12. The third kappa shape index (κ3) is 4.75. The molecule has 0 saturated heterocycles. The van der Waals surface area contributed by atoms with E-state index in [2.05, 4.69) is 52.1 Å². The Balaban J connectivity index is 1.25. The summed E-state index contributed by atoms with van der Waals surface area (Å²) in [5.74, 6) is 1.76. The Morgan fingerprint density at radius 2 is 2.05 bits per heavy atom. The number of benzene rings is 1. The fraction of sp³-hybridized carbons (Fsp3) is 0.516. The van der Waals surface area contributed by atoms with Crippen LogP contribution in [-0.4, -0.2) is 38.7 Å². The molecular weight excluding hydrogens is 500 g/mol. The minimum atomic E-state index is -0.325. The normalized spacial score (nSPS) is 22.9. The second-order valence-corrected chi connectivity index (χ2v) is 12.6. The molecule has 0 radical (unpaired) electrons. The molecule has 0 unspecified atom stereocenters. The maximum Gasteiger partial charge on any atom is 0.274 e. The van der Waals surface area contributed by atoms with E-state index in [1.807, 2.05) is 35.9 Å². The number of carbonyl (C=O) groups is 1. The van der Waals surface area contributed by atoms with Gasteiger partial charge in [-0.1, -0.05) is 32.4 Å². The largest absolute Gasteiger partial charge is 0.382 e. The van der Waals surface area contributed by atoms with Crippen molar-refractivity contribution in [3.05, 3.63) is 65.0 Å². The van der Waals surface area contributed by atoms with Crippen LogP contribution < -0.4 is 16.0 Å². The quantitative estimate of drug-likeness (QED) is 0.362.